The number of hydrogen-bond donors (Lipinski definition) is 2. The Balaban J connectivity index is 2.93. The molecule has 0 unspecified atom stereocenters. The van der Waals surface area contributed by atoms with Crippen LogP contribution in [0.2, 0.25) is 5.02 Å². The number of aryl methyl sites for hydroxylation is 2. The van der Waals surface area contributed by atoms with Gasteiger partial charge >= 0.3 is 0 Å². The van der Waals surface area contributed by atoms with Crippen LogP contribution in [-0.2, 0) is 6.42 Å². The highest BCUT2D eigenvalue weighted by Gasteiger charge is 2.12. The molecule has 0 saturated carbocycles. The standard InChI is InChI=1S/C13H16ClN3/c1-4-10-8(3)16-12-7(2)5-9(14)6-11(12)13(10)17-15/h5-6H,4,15H2,1-3H3,(H,16,17). The SMILES string of the molecule is CCc1c(C)nc2c(C)cc(Cl)cc2c1NN. The molecule has 0 radical (unpaired) electrons. The lowest BCUT2D eigenvalue weighted by molar-refractivity contribution is 1.06. The average molecular weight is 250 g/mol. The first kappa shape index (κ1) is 12.1. The fourth-order valence-electron chi connectivity index (χ4n) is 2.25. The smallest absolute Gasteiger partial charge is 0.0756 e. The van der Waals surface area contributed by atoms with Gasteiger partial charge in [-0.2, -0.15) is 0 Å². The summed E-state index contributed by atoms with van der Waals surface area (Å²) in [5, 5.41) is 1.69. The predicted octanol–water partition coefficient (Wildman–Crippen LogP) is 3.35. The molecule has 0 aliphatic heterocycles. The van der Waals surface area contributed by atoms with Crippen molar-refractivity contribution in [1.82, 2.24) is 4.98 Å². The van der Waals surface area contributed by atoms with Crippen molar-refractivity contribution in [3.05, 3.63) is 34.0 Å². The van der Waals surface area contributed by atoms with Crippen molar-refractivity contribution >= 4 is 28.2 Å². The van der Waals surface area contributed by atoms with Gasteiger partial charge in [0.05, 0.1) is 11.2 Å². The molecule has 4 heteroatoms. The number of nitrogen functional groups attached to an aromatic ring is 1. The summed E-state index contributed by atoms with van der Waals surface area (Å²) in [5.41, 5.74) is 7.89. The molecule has 0 fully saturated rings. The highest BCUT2D eigenvalue weighted by molar-refractivity contribution is 6.31. The summed E-state index contributed by atoms with van der Waals surface area (Å²) < 4.78 is 0. The molecule has 2 rings (SSSR count). The van der Waals surface area contributed by atoms with Gasteiger partial charge in [-0.3, -0.25) is 10.8 Å². The number of nitrogens with zero attached hydrogens (tertiary/aromatic N) is 1. The molecule has 90 valence electrons. The van der Waals surface area contributed by atoms with Crippen LogP contribution in [0.15, 0.2) is 12.1 Å². The van der Waals surface area contributed by atoms with Crippen LogP contribution >= 0.6 is 11.6 Å². The second-order valence-electron chi connectivity index (χ2n) is 4.17. The molecular weight excluding hydrogens is 234 g/mol. The van der Waals surface area contributed by atoms with Gasteiger partial charge in [-0.05, 0) is 43.5 Å². The Kier molecular flexibility index (Phi) is 3.22. The molecule has 3 N–H and O–H groups in total. The minimum atomic E-state index is 0.708. The Morgan fingerprint density at radius 1 is 1.35 bits per heavy atom. The molecule has 1 aromatic heterocycles. The number of aromatic nitrogens is 1. The van der Waals surface area contributed by atoms with Crippen molar-refractivity contribution in [2.45, 2.75) is 27.2 Å². The summed E-state index contributed by atoms with van der Waals surface area (Å²) in [6.07, 6.45) is 0.889. The van der Waals surface area contributed by atoms with Crippen molar-refractivity contribution in [2.75, 3.05) is 5.43 Å². The van der Waals surface area contributed by atoms with Gasteiger partial charge in [0, 0.05) is 16.1 Å². The zero-order valence-corrected chi connectivity index (χ0v) is 11.0. The maximum atomic E-state index is 6.09. The Hall–Kier alpha value is -1.32. The predicted molar refractivity (Wildman–Crippen MR) is 73.4 cm³/mol. The van der Waals surface area contributed by atoms with E-state index >= 15 is 0 Å². The maximum absolute atomic E-state index is 6.09. The van der Waals surface area contributed by atoms with Crippen LogP contribution < -0.4 is 11.3 Å². The number of rotatable bonds is 2. The summed E-state index contributed by atoms with van der Waals surface area (Å²) in [5.74, 6) is 5.64. The number of pyridine rings is 1. The van der Waals surface area contributed by atoms with E-state index in [2.05, 4.69) is 17.3 Å². The minimum Gasteiger partial charge on any atom is -0.323 e. The maximum Gasteiger partial charge on any atom is 0.0756 e. The molecule has 2 aromatic rings. The average Bonchev–Trinajstić information content (AvgIpc) is 2.28. The molecule has 1 aromatic carbocycles. The number of fused-ring (bicyclic) bond motifs is 1. The van der Waals surface area contributed by atoms with Gasteiger partial charge in [0.25, 0.3) is 0 Å². The molecule has 1 heterocycles. The monoisotopic (exact) mass is 249 g/mol. The highest BCUT2D eigenvalue weighted by atomic mass is 35.5. The van der Waals surface area contributed by atoms with Gasteiger partial charge in [0.15, 0.2) is 0 Å². The van der Waals surface area contributed by atoms with Gasteiger partial charge in [-0.15, -0.1) is 0 Å². The largest absolute Gasteiger partial charge is 0.323 e. The zero-order chi connectivity index (χ0) is 12.6. The summed E-state index contributed by atoms with van der Waals surface area (Å²) in [6, 6.07) is 3.83. The Labute approximate surface area is 106 Å². The Bertz CT molecular complexity index is 579. The Morgan fingerprint density at radius 3 is 2.65 bits per heavy atom. The number of benzene rings is 1. The molecule has 0 amide bonds. The topological polar surface area (TPSA) is 50.9 Å². The summed E-state index contributed by atoms with van der Waals surface area (Å²) in [6.45, 7) is 6.10. The van der Waals surface area contributed by atoms with Crippen molar-refractivity contribution in [3.8, 4) is 0 Å². The first-order valence-electron chi connectivity index (χ1n) is 5.64. The van der Waals surface area contributed by atoms with E-state index in [9.17, 15) is 0 Å². The first-order chi connectivity index (χ1) is 8.08. The quantitative estimate of drug-likeness (QED) is 0.634. The third-order valence-corrected chi connectivity index (χ3v) is 3.27. The van der Waals surface area contributed by atoms with Crippen LogP contribution in [0.5, 0.6) is 0 Å². The lowest BCUT2D eigenvalue weighted by Crippen LogP contribution is -2.11. The number of anilines is 1. The molecule has 0 saturated heterocycles. The van der Waals surface area contributed by atoms with Crippen molar-refractivity contribution < 1.29 is 0 Å². The van der Waals surface area contributed by atoms with E-state index in [0.717, 1.165) is 39.8 Å². The minimum absolute atomic E-state index is 0.708. The summed E-state index contributed by atoms with van der Waals surface area (Å²) in [7, 11) is 0. The van der Waals surface area contributed by atoms with Crippen LogP contribution in [0.4, 0.5) is 5.69 Å². The lowest BCUT2D eigenvalue weighted by atomic mass is 10.0. The third-order valence-electron chi connectivity index (χ3n) is 3.05. The van der Waals surface area contributed by atoms with E-state index in [4.69, 9.17) is 17.4 Å². The van der Waals surface area contributed by atoms with Crippen LogP contribution in [0, 0.1) is 13.8 Å². The van der Waals surface area contributed by atoms with E-state index in [1.807, 2.05) is 26.0 Å². The van der Waals surface area contributed by atoms with E-state index in [-0.39, 0.29) is 0 Å². The molecule has 17 heavy (non-hydrogen) atoms. The number of hydrazine groups is 1. The molecule has 0 bridgehead atoms. The number of halogens is 1. The van der Waals surface area contributed by atoms with E-state index < -0.39 is 0 Å². The molecular formula is C13H16ClN3. The van der Waals surface area contributed by atoms with E-state index in [1.165, 1.54) is 0 Å². The fraction of sp³-hybridized carbons (Fsp3) is 0.308. The normalized spacial score (nSPS) is 10.9. The van der Waals surface area contributed by atoms with Gasteiger partial charge < -0.3 is 5.43 Å². The van der Waals surface area contributed by atoms with Crippen molar-refractivity contribution in [1.29, 1.82) is 0 Å². The van der Waals surface area contributed by atoms with Crippen molar-refractivity contribution in [3.63, 3.8) is 0 Å². The number of nitrogens with two attached hydrogens (primary N) is 1. The lowest BCUT2D eigenvalue weighted by Gasteiger charge is -2.15. The molecule has 0 spiro atoms. The molecule has 0 aliphatic carbocycles. The second-order valence-corrected chi connectivity index (χ2v) is 4.60. The van der Waals surface area contributed by atoms with Crippen molar-refractivity contribution in [2.24, 2.45) is 5.84 Å². The van der Waals surface area contributed by atoms with Gasteiger partial charge in [-0.25, -0.2) is 0 Å². The molecule has 3 nitrogen and oxygen atoms in total. The van der Waals surface area contributed by atoms with Crippen LogP contribution in [-0.4, -0.2) is 4.98 Å². The Morgan fingerprint density at radius 2 is 2.06 bits per heavy atom. The van der Waals surface area contributed by atoms with E-state index in [0.29, 0.717) is 5.02 Å². The van der Waals surface area contributed by atoms with Crippen LogP contribution in [0.1, 0.15) is 23.7 Å². The fourth-order valence-corrected chi connectivity index (χ4v) is 2.52. The third kappa shape index (κ3) is 1.96. The first-order valence-corrected chi connectivity index (χ1v) is 6.02. The second kappa shape index (κ2) is 4.51. The van der Waals surface area contributed by atoms with Gasteiger partial charge in [0.2, 0.25) is 0 Å². The van der Waals surface area contributed by atoms with Crippen LogP contribution in [0.3, 0.4) is 0 Å². The van der Waals surface area contributed by atoms with E-state index in [1.54, 1.807) is 0 Å². The summed E-state index contributed by atoms with van der Waals surface area (Å²) >= 11 is 6.09. The number of hydrogen-bond acceptors (Lipinski definition) is 3. The molecule has 0 atom stereocenters. The highest BCUT2D eigenvalue weighted by Crippen LogP contribution is 2.32. The van der Waals surface area contributed by atoms with Gasteiger partial charge in [0.1, 0.15) is 0 Å². The zero-order valence-electron chi connectivity index (χ0n) is 10.3. The number of nitrogens with one attached hydrogen (secondary N) is 1. The van der Waals surface area contributed by atoms with Gasteiger partial charge in [-0.1, -0.05) is 18.5 Å². The summed E-state index contributed by atoms with van der Waals surface area (Å²) in [4.78, 5) is 4.64. The van der Waals surface area contributed by atoms with Crippen LogP contribution in [0.25, 0.3) is 10.9 Å². The molecule has 0 aliphatic rings.